The number of hydrogen-bond donors (Lipinski definition) is 1. The van der Waals surface area contributed by atoms with Crippen LogP contribution in [0.5, 0.6) is 0 Å². The van der Waals surface area contributed by atoms with Crippen molar-refractivity contribution in [3.63, 3.8) is 0 Å². The minimum absolute atomic E-state index is 0.0645. The van der Waals surface area contributed by atoms with Crippen molar-refractivity contribution in [2.75, 3.05) is 13.1 Å². The van der Waals surface area contributed by atoms with Gasteiger partial charge >= 0.3 is 5.97 Å². The first-order chi connectivity index (χ1) is 11.4. The van der Waals surface area contributed by atoms with E-state index in [1.807, 2.05) is 0 Å². The maximum absolute atomic E-state index is 12.0. The first-order valence-corrected chi connectivity index (χ1v) is 8.47. The molecule has 8 heteroatoms. The molecule has 24 heavy (non-hydrogen) atoms. The highest BCUT2D eigenvalue weighted by atomic mass is 16.7. The van der Waals surface area contributed by atoms with Crippen LogP contribution < -0.4 is 5.32 Å². The van der Waals surface area contributed by atoms with E-state index < -0.39 is 17.8 Å². The second-order valence-electron chi connectivity index (χ2n) is 6.45. The summed E-state index contributed by atoms with van der Waals surface area (Å²) in [4.78, 5) is 53.2. The van der Waals surface area contributed by atoms with Gasteiger partial charge in [0.2, 0.25) is 5.91 Å². The summed E-state index contributed by atoms with van der Waals surface area (Å²) in [5.74, 6) is -1.87. The van der Waals surface area contributed by atoms with Crippen LogP contribution in [0.25, 0.3) is 0 Å². The van der Waals surface area contributed by atoms with Gasteiger partial charge in [0.1, 0.15) is 0 Å². The highest BCUT2D eigenvalue weighted by Gasteiger charge is 2.32. The SMILES string of the molecule is [13CH3][13CH]1CCC[13CH]([13CH3])[15N]1CC(=O)NCCC(=O)ON1C(=O)CCC1=O. The second kappa shape index (κ2) is 8.23. The Labute approximate surface area is 141 Å². The van der Waals surface area contributed by atoms with Crippen LogP contribution in [0.3, 0.4) is 0 Å². The standard InChI is InChI=1S/C16H25N3O5/c1-11-4-3-5-12(2)18(11)10-13(20)17-9-8-16(23)24-19-14(21)6-7-15(19)22/h11-12H,3-10H2,1-2H3,(H,17,20)/i1+1,2+1,11+1,12+1,18+1. The van der Waals surface area contributed by atoms with Crippen molar-refractivity contribution < 1.29 is 24.0 Å². The number of hydrogen-bond acceptors (Lipinski definition) is 6. The number of likely N-dealkylation sites (tertiary alicyclic amines) is 1. The number of hydroxylamine groups is 2. The normalized spacial score (nSPS) is 25.0. The summed E-state index contributed by atoms with van der Waals surface area (Å²) in [6, 6.07) is 0.744. The van der Waals surface area contributed by atoms with Crippen molar-refractivity contribution in [2.45, 2.75) is 64.5 Å². The molecule has 2 unspecified atom stereocenters. The molecule has 0 saturated carbocycles. The molecule has 2 aliphatic heterocycles. The Bertz CT molecular complexity index is 496. The van der Waals surface area contributed by atoms with Crippen LogP contribution in [-0.4, -0.2) is 58.8 Å². The number of piperidine rings is 1. The van der Waals surface area contributed by atoms with E-state index in [-0.39, 0.29) is 31.7 Å². The fraction of sp³-hybridized carbons (Fsp3) is 0.750. The van der Waals surface area contributed by atoms with Crippen LogP contribution in [0.2, 0.25) is 0 Å². The Kier molecular flexibility index (Phi) is 6.30. The molecule has 0 bridgehead atoms. The van der Waals surface area contributed by atoms with Gasteiger partial charge in [0.15, 0.2) is 0 Å². The minimum atomic E-state index is -0.710. The van der Waals surface area contributed by atoms with Gasteiger partial charge in [-0.1, -0.05) is 6.42 Å². The zero-order chi connectivity index (χ0) is 17.7. The van der Waals surface area contributed by atoms with Crippen LogP contribution >= 0.6 is 0 Å². The lowest BCUT2D eigenvalue weighted by molar-refractivity contribution is -0.197. The van der Waals surface area contributed by atoms with Crippen molar-refractivity contribution in [3.8, 4) is 0 Å². The van der Waals surface area contributed by atoms with E-state index in [9.17, 15) is 19.2 Å². The Morgan fingerprint density at radius 2 is 1.71 bits per heavy atom. The van der Waals surface area contributed by atoms with E-state index in [0.717, 1.165) is 12.8 Å². The quantitative estimate of drug-likeness (QED) is 0.425. The summed E-state index contributed by atoms with van der Waals surface area (Å²) in [7, 11) is 0. The first-order valence-electron chi connectivity index (χ1n) is 8.47. The van der Waals surface area contributed by atoms with Gasteiger partial charge in [-0.05, 0) is 26.7 Å². The molecule has 2 fully saturated rings. The summed E-state index contributed by atoms with van der Waals surface area (Å²) in [5.41, 5.74) is 0. The summed E-state index contributed by atoms with van der Waals surface area (Å²) >= 11 is 0. The van der Waals surface area contributed by atoms with Gasteiger partial charge in [-0.3, -0.25) is 19.3 Å². The van der Waals surface area contributed by atoms with Crippen molar-refractivity contribution >= 4 is 23.7 Å². The molecule has 2 aliphatic rings. The molecular formula is C16H25N3O5. The van der Waals surface area contributed by atoms with Crippen LogP contribution in [0.1, 0.15) is 52.4 Å². The van der Waals surface area contributed by atoms with Gasteiger partial charge in [-0.15, -0.1) is 5.06 Å². The number of carbonyl (C=O) groups is 4. The van der Waals surface area contributed by atoms with Crippen LogP contribution in [0, 0.1) is 0 Å². The Morgan fingerprint density at radius 3 is 2.29 bits per heavy atom. The van der Waals surface area contributed by atoms with Crippen LogP contribution in [-0.2, 0) is 24.0 Å². The van der Waals surface area contributed by atoms with Gasteiger partial charge < -0.3 is 10.2 Å². The maximum Gasteiger partial charge on any atom is 0.334 e. The molecule has 2 heterocycles. The van der Waals surface area contributed by atoms with Crippen molar-refractivity contribution in [2.24, 2.45) is 0 Å². The number of nitrogens with one attached hydrogen (secondary N) is 1. The van der Waals surface area contributed by atoms with Crippen molar-refractivity contribution in [1.82, 2.24) is 15.3 Å². The third-order valence-corrected chi connectivity index (χ3v) is 4.55. The summed E-state index contributed by atoms with van der Waals surface area (Å²) in [5, 5.41) is 3.19. The zero-order valence-electron chi connectivity index (χ0n) is 14.2. The number of imide groups is 1. The zero-order valence-corrected chi connectivity index (χ0v) is 14.2. The number of nitrogens with zero attached hydrogens (tertiary/aromatic N) is 2. The Hall–Kier alpha value is -1.96. The van der Waals surface area contributed by atoms with Crippen LogP contribution in [0.4, 0.5) is 0 Å². The van der Waals surface area contributed by atoms with E-state index in [2.05, 4.69) is 24.1 Å². The average molecular weight is 344 g/mol. The summed E-state index contributed by atoms with van der Waals surface area (Å²) < 4.78 is 0. The highest BCUT2D eigenvalue weighted by Crippen LogP contribution is 2.21. The highest BCUT2D eigenvalue weighted by molar-refractivity contribution is 6.01. The summed E-state index contributed by atoms with van der Waals surface area (Å²) in [6.07, 6.45) is 3.39. The Morgan fingerprint density at radius 1 is 1.12 bits per heavy atom. The van der Waals surface area contributed by atoms with E-state index >= 15 is 0 Å². The van der Waals surface area contributed by atoms with Gasteiger partial charge in [-0.2, -0.15) is 0 Å². The molecule has 2 rings (SSSR count). The molecule has 0 aromatic carbocycles. The number of rotatable bonds is 6. The lowest BCUT2D eigenvalue weighted by Gasteiger charge is -2.38. The van der Waals surface area contributed by atoms with Crippen molar-refractivity contribution in [3.05, 3.63) is 0 Å². The molecule has 3 amide bonds. The fourth-order valence-electron chi connectivity index (χ4n) is 3.12. The molecule has 0 radical (unpaired) electrons. The monoisotopic (exact) mass is 344 g/mol. The van der Waals surface area contributed by atoms with E-state index in [4.69, 9.17) is 4.84 Å². The molecule has 134 valence electrons. The largest absolute Gasteiger partial charge is 0.354 e. The molecule has 2 saturated heterocycles. The minimum Gasteiger partial charge on any atom is -0.354 e. The van der Waals surface area contributed by atoms with E-state index in [0.29, 0.717) is 23.7 Å². The molecule has 0 aromatic heterocycles. The van der Waals surface area contributed by atoms with Crippen LogP contribution in [0.15, 0.2) is 0 Å². The van der Waals surface area contributed by atoms with Crippen molar-refractivity contribution in [1.29, 1.82) is 0 Å². The van der Waals surface area contributed by atoms with Gasteiger partial charge in [-0.25, -0.2) is 4.79 Å². The van der Waals surface area contributed by atoms with Gasteiger partial charge in [0.05, 0.1) is 13.0 Å². The molecule has 0 spiro atoms. The lowest BCUT2D eigenvalue weighted by atomic mass is 10.3. The van der Waals surface area contributed by atoms with E-state index in [1.54, 1.807) is 0 Å². The predicted molar refractivity (Wildman–Crippen MR) is 84.3 cm³/mol. The van der Waals surface area contributed by atoms with Gasteiger partial charge in [0, 0.05) is 31.5 Å². The first kappa shape index (κ1) is 18.4. The smallest absolute Gasteiger partial charge is 0.334 e. The number of carbonyl (C=O) groups excluding carboxylic acids is 4. The molecular weight excluding hydrogens is 319 g/mol. The molecule has 0 aliphatic carbocycles. The average Bonchev–Trinajstić information content (AvgIpc) is 2.83. The maximum atomic E-state index is 12.0. The molecule has 0 aromatic rings. The van der Waals surface area contributed by atoms with E-state index in [1.165, 1.54) is 6.42 Å². The third-order valence-electron chi connectivity index (χ3n) is 4.55. The summed E-state index contributed by atoms with van der Waals surface area (Å²) in [6.45, 7) is 4.65. The predicted octanol–water partition coefficient (Wildman–Crippen LogP) is 0.363. The lowest BCUT2D eigenvalue weighted by Crippen LogP contribution is -2.48. The third kappa shape index (κ3) is 4.77. The molecule has 8 nitrogen and oxygen atoms in total. The molecule has 1 N–H and O–H groups in total. The number of amides is 3. The fourth-order valence-corrected chi connectivity index (χ4v) is 3.12. The van der Waals surface area contributed by atoms with Gasteiger partial charge in [0.25, 0.3) is 11.8 Å². The topological polar surface area (TPSA) is 96.0 Å². The molecule has 2 atom stereocenters. The Balaban J connectivity index is 1.67. The second-order valence-corrected chi connectivity index (χ2v) is 6.45.